The van der Waals surface area contributed by atoms with Gasteiger partial charge >= 0.3 is 0 Å². The normalized spacial score (nSPS) is 11.3. The first-order valence-corrected chi connectivity index (χ1v) is 4.50. The second-order valence-electron chi connectivity index (χ2n) is 3.28. The van der Waals surface area contributed by atoms with Crippen LogP contribution in [0.5, 0.6) is 0 Å². The third-order valence-corrected chi connectivity index (χ3v) is 1.74. The monoisotopic (exact) mass is 176 g/mol. The van der Waals surface area contributed by atoms with Crippen LogP contribution in [-0.2, 0) is 0 Å². The summed E-state index contributed by atoms with van der Waals surface area (Å²) in [5.74, 6) is 0. The molecular weight excluding hydrogens is 160 g/mol. The van der Waals surface area contributed by atoms with Crippen molar-refractivity contribution >= 4 is 6.08 Å². The van der Waals surface area contributed by atoms with E-state index in [2.05, 4.69) is 42.2 Å². The van der Waals surface area contributed by atoms with Gasteiger partial charge in [-0.3, -0.25) is 4.98 Å². The zero-order valence-electron chi connectivity index (χ0n) is 8.27. The summed E-state index contributed by atoms with van der Waals surface area (Å²) in [6.45, 7) is 1.09. The van der Waals surface area contributed by atoms with Gasteiger partial charge in [-0.1, -0.05) is 18.2 Å². The lowest BCUT2D eigenvalue weighted by Gasteiger charge is -2.05. The molecule has 0 spiro atoms. The molecule has 0 aliphatic heterocycles. The van der Waals surface area contributed by atoms with Crippen molar-refractivity contribution in [3.63, 3.8) is 0 Å². The summed E-state index contributed by atoms with van der Waals surface area (Å²) < 4.78 is 0. The maximum Gasteiger partial charge on any atom is 0.0340 e. The van der Waals surface area contributed by atoms with Crippen molar-refractivity contribution in [1.29, 1.82) is 0 Å². The second-order valence-corrected chi connectivity index (χ2v) is 3.28. The lowest BCUT2D eigenvalue weighted by atomic mass is 10.2. The summed E-state index contributed by atoms with van der Waals surface area (Å²) in [7, 11) is 4.16. The summed E-state index contributed by atoms with van der Waals surface area (Å²) in [4.78, 5) is 6.21. The van der Waals surface area contributed by atoms with E-state index in [0.717, 1.165) is 13.0 Å². The van der Waals surface area contributed by atoms with Gasteiger partial charge in [0.1, 0.15) is 0 Å². The maximum absolute atomic E-state index is 4.04. The molecule has 0 aliphatic carbocycles. The molecular formula is C11H16N2. The molecule has 70 valence electrons. The standard InChI is InChI=1S/C11H16N2/c1-13(2)9-4-3-6-11-7-5-8-12-10-11/h3,5-8,10H,4,9H2,1-2H3. The molecule has 0 saturated heterocycles. The summed E-state index contributed by atoms with van der Waals surface area (Å²) in [6, 6.07) is 4.00. The van der Waals surface area contributed by atoms with E-state index in [1.54, 1.807) is 6.20 Å². The first-order chi connectivity index (χ1) is 6.29. The number of pyridine rings is 1. The highest BCUT2D eigenvalue weighted by atomic mass is 15.0. The van der Waals surface area contributed by atoms with E-state index in [4.69, 9.17) is 0 Å². The van der Waals surface area contributed by atoms with Gasteiger partial charge in [0.2, 0.25) is 0 Å². The third kappa shape index (κ3) is 4.43. The minimum atomic E-state index is 1.09. The van der Waals surface area contributed by atoms with Gasteiger partial charge in [0.15, 0.2) is 0 Å². The molecule has 2 nitrogen and oxygen atoms in total. The number of rotatable bonds is 4. The largest absolute Gasteiger partial charge is 0.309 e. The van der Waals surface area contributed by atoms with Crippen LogP contribution in [-0.4, -0.2) is 30.5 Å². The lowest BCUT2D eigenvalue weighted by Crippen LogP contribution is -2.11. The van der Waals surface area contributed by atoms with Gasteiger partial charge in [-0.25, -0.2) is 0 Å². The molecule has 0 aromatic carbocycles. The molecule has 0 unspecified atom stereocenters. The molecule has 0 atom stereocenters. The number of aromatic nitrogens is 1. The SMILES string of the molecule is CN(C)CCC=Cc1cccnc1. The van der Waals surface area contributed by atoms with Crippen LogP contribution < -0.4 is 0 Å². The average molecular weight is 176 g/mol. The van der Waals surface area contributed by atoms with Gasteiger partial charge in [-0.05, 0) is 32.1 Å². The highest BCUT2D eigenvalue weighted by molar-refractivity contribution is 5.47. The number of hydrogen-bond donors (Lipinski definition) is 0. The Labute approximate surface area is 79.9 Å². The van der Waals surface area contributed by atoms with Gasteiger partial charge in [0.05, 0.1) is 0 Å². The van der Waals surface area contributed by atoms with Gasteiger partial charge in [0.25, 0.3) is 0 Å². The van der Waals surface area contributed by atoms with Crippen molar-refractivity contribution in [3.05, 3.63) is 36.2 Å². The molecule has 1 rings (SSSR count). The Balaban J connectivity index is 2.33. The predicted octanol–water partition coefficient (Wildman–Crippen LogP) is 2.05. The van der Waals surface area contributed by atoms with E-state index in [-0.39, 0.29) is 0 Å². The predicted molar refractivity (Wildman–Crippen MR) is 56.4 cm³/mol. The molecule has 0 bridgehead atoms. The van der Waals surface area contributed by atoms with Crippen molar-refractivity contribution in [3.8, 4) is 0 Å². The summed E-state index contributed by atoms with van der Waals surface area (Å²) in [5, 5.41) is 0. The molecule has 13 heavy (non-hydrogen) atoms. The fourth-order valence-electron chi connectivity index (χ4n) is 1.03. The van der Waals surface area contributed by atoms with E-state index in [9.17, 15) is 0 Å². The highest BCUT2D eigenvalue weighted by Gasteiger charge is 1.86. The van der Waals surface area contributed by atoms with Crippen molar-refractivity contribution in [1.82, 2.24) is 9.88 Å². The summed E-state index contributed by atoms with van der Waals surface area (Å²) in [5.41, 5.74) is 1.17. The molecule has 1 aromatic rings. The molecule has 0 saturated carbocycles. The van der Waals surface area contributed by atoms with Gasteiger partial charge in [0, 0.05) is 18.9 Å². The van der Waals surface area contributed by atoms with Crippen LogP contribution in [0.25, 0.3) is 6.08 Å². The van der Waals surface area contributed by atoms with E-state index in [1.807, 2.05) is 12.3 Å². The summed E-state index contributed by atoms with van der Waals surface area (Å²) in [6.07, 6.45) is 9.03. The van der Waals surface area contributed by atoms with Crippen LogP contribution in [0, 0.1) is 0 Å². The van der Waals surface area contributed by atoms with Crippen molar-refractivity contribution in [2.45, 2.75) is 6.42 Å². The Kier molecular flexibility index (Phi) is 4.19. The molecule has 0 N–H and O–H groups in total. The Bertz CT molecular complexity index is 252. The van der Waals surface area contributed by atoms with Crippen molar-refractivity contribution < 1.29 is 0 Å². The first kappa shape index (κ1) is 9.93. The van der Waals surface area contributed by atoms with E-state index in [0.29, 0.717) is 0 Å². The molecule has 0 radical (unpaired) electrons. The molecule has 0 fully saturated rings. The van der Waals surface area contributed by atoms with E-state index in [1.165, 1.54) is 5.56 Å². The Morgan fingerprint density at radius 2 is 2.31 bits per heavy atom. The molecule has 0 amide bonds. The highest BCUT2D eigenvalue weighted by Crippen LogP contribution is 1.99. The van der Waals surface area contributed by atoms with Gasteiger partial charge in [-0.15, -0.1) is 0 Å². The zero-order valence-corrected chi connectivity index (χ0v) is 8.27. The van der Waals surface area contributed by atoms with Crippen molar-refractivity contribution in [2.24, 2.45) is 0 Å². The Morgan fingerprint density at radius 1 is 1.46 bits per heavy atom. The fourth-order valence-corrected chi connectivity index (χ4v) is 1.03. The molecule has 1 heterocycles. The second kappa shape index (κ2) is 5.49. The number of hydrogen-bond acceptors (Lipinski definition) is 2. The summed E-state index contributed by atoms with van der Waals surface area (Å²) >= 11 is 0. The maximum atomic E-state index is 4.04. The van der Waals surface area contributed by atoms with Crippen LogP contribution >= 0.6 is 0 Å². The van der Waals surface area contributed by atoms with Crippen LogP contribution in [0.1, 0.15) is 12.0 Å². The van der Waals surface area contributed by atoms with Gasteiger partial charge < -0.3 is 4.90 Å². The smallest absolute Gasteiger partial charge is 0.0340 e. The van der Waals surface area contributed by atoms with Crippen LogP contribution in [0.4, 0.5) is 0 Å². The molecule has 2 heteroatoms. The quantitative estimate of drug-likeness (QED) is 0.698. The fraction of sp³-hybridized carbons (Fsp3) is 0.364. The van der Waals surface area contributed by atoms with Crippen LogP contribution in [0.2, 0.25) is 0 Å². The minimum absolute atomic E-state index is 1.09. The van der Waals surface area contributed by atoms with Gasteiger partial charge in [-0.2, -0.15) is 0 Å². The first-order valence-electron chi connectivity index (χ1n) is 4.50. The lowest BCUT2D eigenvalue weighted by molar-refractivity contribution is 0.417. The molecule has 1 aromatic heterocycles. The minimum Gasteiger partial charge on any atom is -0.309 e. The zero-order chi connectivity index (χ0) is 9.52. The van der Waals surface area contributed by atoms with E-state index >= 15 is 0 Å². The van der Waals surface area contributed by atoms with E-state index < -0.39 is 0 Å². The third-order valence-electron chi connectivity index (χ3n) is 1.74. The topological polar surface area (TPSA) is 16.1 Å². The number of nitrogens with zero attached hydrogens (tertiary/aromatic N) is 2. The van der Waals surface area contributed by atoms with Crippen LogP contribution in [0.15, 0.2) is 30.6 Å². The van der Waals surface area contributed by atoms with Crippen LogP contribution in [0.3, 0.4) is 0 Å². The van der Waals surface area contributed by atoms with Crippen molar-refractivity contribution in [2.75, 3.05) is 20.6 Å². The Hall–Kier alpha value is -1.15. The molecule has 0 aliphatic rings. The average Bonchev–Trinajstić information content (AvgIpc) is 2.14. The Morgan fingerprint density at radius 3 is 2.92 bits per heavy atom.